The second kappa shape index (κ2) is 5.04. The highest BCUT2D eigenvalue weighted by Gasteiger charge is 2.69. The third-order valence-electron chi connectivity index (χ3n) is 3.78. The SMILES string of the molecule is CC1(C(=O)OCc2ccc(-n3cccn3)cc2)CC1(Cl)Cl. The summed E-state index contributed by atoms with van der Waals surface area (Å²) in [4.78, 5) is 12.0. The molecule has 0 spiro atoms. The number of hydrogen-bond acceptors (Lipinski definition) is 3. The van der Waals surface area contributed by atoms with Gasteiger partial charge in [-0.1, -0.05) is 12.1 Å². The zero-order chi connectivity index (χ0) is 15.1. The number of ether oxygens (including phenoxy) is 1. The minimum Gasteiger partial charge on any atom is -0.460 e. The summed E-state index contributed by atoms with van der Waals surface area (Å²) in [6.45, 7) is 1.92. The summed E-state index contributed by atoms with van der Waals surface area (Å²) < 4.78 is 6.06. The van der Waals surface area contributed by atoms with E-state index in [2.05, 4.69) is 5.10 Å². The van der Waals surface area contributed by atoms with Crippen LogP contribution in [0.3, 0.4) is 0 Å². The number of benzene rings is 1. The predicted molar refractivity (Wildman–Crippen MR) is 80.5 cm³/mol. The predicted octanol–water partition coefficient (Wildman–Crippen LogP) is 3.50. The van der Waals surface area contributed by atoms with Gasteiger partial charge in [0.05, 0.1) is 5.69 Å². The van der Waals surface area contributed by atoms with Gasteiger partial charge in [-0.2, -0.15) is 5.10 Å². The highest BCUT2D eigenvalue weighted by atomic mass is 35.5. The van der Waals surface area contributed by atoms with Crippen molar-refractivity contribution in [3.8, 4) is 5.69 Å². The number of esters is 1. The molecule has 0 bridgehead atoms. The van der Waals surface area contributed by atoms with E-state index in [1.165, 1.54) is 0 Å². The smallest absolute Gasteiger partial charge is 0.315 e. The Labute approximate surface area is 132 Å². The molecule has 0 saturated heterocycles. The lowest BCUT2D eigenvalue weighted by Crippen LogP contribution is -2.21. The third-order valence-corrected chi connectivity index (χ3v) is 4.89. The van der Waals surface area contributed by atoms with Gasteiger partial charge in [-0.25, -0.2) is 4.68 Å². The maximum Gasteiger partial charge on any atom is 0.315 e. The fraction of sp³-hybridized carbons (Fsp3) is 0.333. The number of nitrogens with zero attached hydrogens (tertiary/aromatic N) is 2. The first-order valence-electron chi connectivity index (χ1n) is 6.56. The van der Waals surface area contributed by atoms with Gasteiger partial charge in [0.2, 0.25) is 0 Å². The molecule has 4 nitrogen and oxygen atoms in total. The summed E-state index contributed by atoms with van der Waals surface area (Å²) >= 11 is 11.9. The molecule has 1 aromatic heterocycles. The average molecular weight is 325 g/mol. The molecular weight excluding hydrogens is 311 g/mol. The second-order valence-corrected chi connectivity index (χ2v) is 6.89. The van der Waals surface area contributed by atoms with Crippen LogP contribution >= 0.6 is 23.2 Å². The largest absolute Gasteiger partial charge is 0.460 e. The molecule has 0 radical (unpaired) electrons. The van der Waals surface area contributed by atoms with E-state index in [1.54, 1.807) is 17.8 Å². The number of halogens is 2. The van der Waals surface area contributed by atoms with Crippen LogP contribution in [0, 0.1) is 5.41 Å². The first-order chi connectivity index (χ1) is 9.92. The number of carbonyl (C=O) groups is 1. The van der Waals surface area contributed by atoms with Crippen molar-refractivity contribution in [2.75, 3.05) is 0 Å². The zero-order valence-electron chi connectivity index (χ0n) is 11.4. The van der Waals surface area contributed by atoms with Crippen LogP contribution in [0.1, 0.15) is 18.9 Å². The average Bonchev–Trinajstić information content (AvgIpc) is 2.87. The van der Waals surface area contributed by atoms with Gasteiger partial charge >= 0.3 is 5.97 Å². The van der Waals surface area contributed by atoms with Crippen LogP contribution in [0.15, 0.2) is 42.7 Å². The summed E-state index contributed by atoms with van der Waals surface area (Å²) in [5, 5.41) is 4.15. The van der Waals surface area contributed by atoms with Gasteiger partial charge in [-0.05, 0) is 30.7 Å². The molecule has 3 rings (SSSR count). The van der Waals surface area contributed by atoms with E-state index in [0.29, 0.717) is 6.42 Å². The Hall–Kier alpha value is -1.52. The Balaban J connectivity index is 1.60. The van der Waals surface area contributed by atoms with Crippen LogP contribution in [0.5, 0.6) is 0 Å². The van der Waals surface area contributed by atoms with E-state index in [0.717, 1.165) is 11.3 Å². The van der Waals surface area contributed by atoms with Crippen molar-refractivity contribution in [2.45, 2.75) is 24.3 Å². The third kappa shape index (κ3) is 2.65. The van der Waals surface area contributed by atoms with Crippen molar-refractivity contribution in [1.82, 2.24) is 9.78 Å². The van der Waals surface area contributed by atoms with Crippen LogP contribution in [0.25, 0.3) is 5.69 Å². The van der Waals surface area contributed by atoms with Crippen molar-refractivity contribution in [3.63, 3.8) is 0 Å². The van der Waals surface area contributed by atoms with Crippen LogP contribution in [0.2, 0.25) is 0 Å². The number of aromatic nitrogens is 2. The molecule has 6 heteroatoms. The van der Waals surface area contributed by atoms with Crippen molar-refractivity contribution in [2.24, 2.45) is 5.41 Å². The highest BCUT2D eigenvalue weighted by Crippen LogP contribution is 2.64. The standard InChI is InChI=1S/C15H14Cl2N2O2/c1-14(10-15(14,16)17)13(20)21-9-11-3-5-12(6-4-11)19-8-2-7-18-19/h2-8H,9-10H2,1H3. The number of alkyl halides is 2. The molecule has 110 valence electrons. The maximum atomic E-state index is 12.0. The fourth-order valence-electron chi connectivity index (χ4n) is 2.10. The quantitative estimate of drug-likeness (QED) is 0.638. The Bertz CT molecular complexity index is 653. The summed E-state index contributed by atoms with van der Waals surface area (Å²) in [5.41, 5.74) is 1.06. The van der Waals surface area contributed by atoms with Crippen LogP contribution < -0.4 is 0 Å². The Morgan fingerprint density at radius 1 is 1.38 bits per heavy atom. The summed E-state index contributed by atoms with van der Waals surface area (Å²) in [7, 11) is 0. The lowest BCUT2D eigenvalue weighted by atomic mass is 10.1. The van der Waals surface area contributed by atoms with Gasteiger partial charge in [0, 0.05) is 18.8 Å². The minimum atomic E-state index is -0.992. The van der Waals surface area contributed by atoms with Crippen LogP contribution in [-0.2, 0) is 16.1 Å². The number of carbonyl (C=O) groups excluding carboxylic acids is 1. The van der Waals surface area contributed by atoms with Crippen molar-refractivity contribution < 1.29 is 9.53 Å². The number of rotatable bonds is 4. The molecule has 2 aromatic rings. The van der Waals surface area contributed by atoms with Gasteiger partial charge < -0.3 is 4.74 Å². The summed E-state index contributed by atoms with van der Waals surface area (Å²) in [6, 6.07) is 9.49. The van der Waals surface area contributed by atoms with Crippen molar-refractivity contribution in [1.29, 1.82) is 0 Å². The molecule has 0 amide bonds. The molecule has 1 saturated carbocycles. The molecule has 21 heavy (non-hydrogen) atoms. The van der Waals surface area contributed by atoms with Crippen molar-refractivity contribution >= 4 is 29.2 Å². The highest BCUT2D eigenvalue weighted by molar-refractivity contribution is 6.53. The Morgan fingerprint density at radius 3 is 2.57 bits per heavy atom. The molecule has 1 atom stereocenters. The first-order valence-corrected chi connectivity index (χ1v) is 7.32. The molecule has 1 aliphatic carbocycles. The van der Waals surface area contributed by atoms with Crippen LogP contribution in [-0.4, -0.2) is 20.1 Å². The zero-order valence-corrected chi connectivity index (χ0v) is 12.9. The minimum absolute atomic E-state index is 0.206. The van der Waals surface area contributed by atoms with E-state index < -0.39 is 9.75 Å². The Kier molecular flexibility index (Phi) is 3.46. The molecule has 0 aliphatic heterocycles. The van der Waals surface area contributed by atoms with E-state index in [-0.39, 0.29) is 12.6 Å². The van der Waals surface area contributed by atoms with E-state index in [4.69, 9.17) is 27.9 Å². The lowest BCUT2D eigenvalue weighted by Gasteiger charge is -2.12. The molecule has 1 unspecified atom stereocenters. The summed E-state index contributed by atoms with van der Waals surface area (Å²) in [6.07, 6.45) is 4.01. The summed E-state index contributed by atoms with van der Waals surface area (Å²) in [5.74, 6) is -0.358. The monoisotopic (exact) mass is 324 g/mol. The van der Waals surface area contributed by atoms with Crippen LogP contribution in [0.4, 0.5) is 0 Å². The molecule has 0 N–H and O–H groups in total. The van der Waals surface area contributed by atoms with Gasteiger partial charge in [-0.3, -0.25) is 4.79 Å². The second-order valence-electron chi connectivity index (χ2n) is 5.41. The van der Waals surface area contributed by atoms with Crippen molar-refractivity contribution in [3.05, 3.63) is 48.3 Å². The van der Waals surface area contributed by atoms with Gasteiger partial charge in [0.1, 0.15) is 16.4 Å². The normalized spacial score (nSPS) is 22.8. The molecule has 1 fully saturated rings. The molecule has 1 aliphatic rings. The topological polar surface area (TPSA) is 44.1 Å². The fourth-order valence-corrected chi connectivity index (χ4v) is 2.78. The Morgan fingerprint density at radius 2 is 2.05 bits per heavy atom. The first kappa shape index (κ1) is 14.4. The van der Waals surface area contributed by atoms with Gasteiger partial charge in [-0.15, -0.1) is 23.2 Å². The molecule has 1 aromatic carbocycles. The molecular formula is C15H14Cl2N2O2. The van der Waals surface area contributed by atoms with Gasteiger partial charge in [0.15, 0.2) is 0 Å². The van der Waals surface area contributed by atoms with E-state index >= 15 is 0 Å². The maximum absolute atomic E-state index is 12.0. The number of hydrogen-bond donors (Lipinski definition) is 0. The lowest BCUT2D eigenvalue weighted by molar-refractivity contribution is -0.150. The van der Waals surface area contributed by atoms with Gasteiger partial charge in [0.25, 0.3) is 0 Å². The molecule has 1 heterocycles. The van der Waals surface area contributed by atoms with E-state index in [1.807, 2.05) is 36.5 Å². The van der Waals surface area contributed by atoms with E-state index in [9.17, 15) is 4.79 Å².